The van der Waals surface area contributed by atoms with Crippen LogP contribution in [0.2, 0.25) is 0 Å². The SMILES string of the molecule is Cc1c(CC(=O)c2nc3c(s2)CNCC3)cncc1-c1ccc2c(c1)OCCO2. The van der Waals surface area contributed by atoms with E-state index in [4.69, 9.17) is 9.47 Å². The summed E-state index contributed by atoms with van der Waals surface area (Å²) in [7, 11) is 0. The number of hydrogen-bond donors (Lipinski definition) is 1. The van der Waals surface area contributed by atoms with E-state index in [2.05, 4.69) is 15.3 Å². The monoisotopic (exact) mass is 407 g/mol. The Morgan fingerprint density at radius 1 is 1.21 bits per heavy atom. The molecule has 4 heterocycles. The molecule has 3 aromatic rings. The normalized spacial score (nSPS) is 15.1. The number of rotatable bonds is 4. The van der Waals surface area contributed by atoms with Gasteiger partial charge in [0.15, 0.2) is 22.3 Å². The van der Waals surface area contributed by atoms with E-state index < -0.39 is 0 Å². The number of benzene rings is 1. The fraction of sp³-hybridized carbons (Fsp3) is 0.318. The summed E-state index contributed by atoms with van der Waals surface area (Å²) in [6, 6.07) is 5.91. The van der Waals surface area contributed by atoms with Crippen LogP contribution in [0.1, 0.15) is 31.5 Å². The van der Waals surface area contributed by atoms with E-state index in [1.165, 1.54) is 16.2 Å². The van der Waals surface area contributed by atoms with Crippen molar-refractivity contribution in [2.45, 2.75) is 26.3 Å². The summed E-state index contributed by atoms with van der Waals surface area (Å²) in [5.41, 5.74) is 5.04. The van der Waals surface area contributed by atoms with Crippen LogP contribution in [-0.2, 0) is 19.4 Å². The van der Waals surface area contributed by atoms with E-state index in [9.17, 15) is 4.79 Å². The van der Waals surface area contributed by atoms with Crippen molar-refractivity contribution in [1.29, 1.82) is 0 Å². The highest BCUT2D eigenvalue weighted by Crippen LogP contribution is 2.36. The molecule has 0 unspecified atom stereocenters. The van der Waals surface area contributed by atoms with Gasteiger partial charge in [0.2, 0.25) is 0 Å². The Labute approximate surface area is 172 Å². The standard InChI is InChI=1S/C22H21N3O3S/c1-13-15(8-18(26)22-25-17-4-5-23-12-21(17)29-22)10-24-11-16(13)14-2-3-19-20(9-14)28-7-6-27-19/h2-3,9-11,23H,4-8,12H2,1H3. The first kappa shape index (κ1) is 18.3. The van der Waals surface area contributed by atoms with E-state index in [-0.39, 0.29) is 5.78 Å². The Hall–Kier alpha value is -2.77. The first-order valence-electron chi connectivity index (χ1n) is 9.75. The van der Waals surface area contributed by atoms with Gasteiger partial charge in [0.1, 0.15) is 13.2 Å². The van der Waals surface area contributed by atoms with Gasteiger partial charge in [-0.25, -0.2) is 4.98 Å². The van der Waals surface area contributed by atoms with Crippen LogP contribution < -0.4 is 14.8 Å². The number of nitrogens with one attached hydrogen (secondary N) is 1. The van der Waals surface area contributed by atoms with Crippen molar-refractivity contribution in [3.05, 3.63) is 57.3 Å². The molecular formula is C22H21N3O3S. The number of ether oxygens (including phenoxy) is 2. The molecule has 2 aliphatic rings. The molecule has 0 fully saturated rings. The summed E-state index contributed by atoms with van der Waals surface area (Å²) < 4.78 is 11.3. The molecule has 0 saturated carbocycles. The molecule has 0 radical (unpaired) electrons. The summed E-state index contributed by atoms with van der Waals surface area (Å²) in [6.45, 7) is 4.88. The van der Waals surface area contributed by atoms with Gasteiger partial charge in [-0.1, -0.05) is 6.07 Å². The Morgan fingerprint density at radius 3 is 2.93 bits per heavy atom. The zero-order valence-corrected chi connectivity index (χ0v) is 17.0. The fourth-order valence-corrected chi connectivity index (χ4v) is 4.76. The maximum absolute atomic E-state index is 12.9. The van der Waals surface area contributed by atoms with Gasteiger partial charge in [0, 0.05) is 48.8 Å². The molecule has 0 atom stereocenters. The van der Waals surface area contributed by atoms with E-state index in [1.807, 2.05) is 31.3 Å². The summed E-state index contributed by atoms with van der Waals surface area (Å²) in [5.74, 6) is 1.56. The molecule has 5 rings (SSSR count). The minimum absolute atomic E-state index is 0.0497. The van der Waals surface area contributed by atoms with Crippen molar-refractivity contribution >= 4 is 17.1 Å². The molecule has 7 heteroatoms. The zero-order chi connectivity index (χ0) is 19.8. The Morgan fingerprint density at radius 2 is 2.07 bits per heavy atom. The van der Waals surface area contributed by atoms with Crippen LogP contribution in [0.5, 0.6) is 11.5 Å². The topological polar surface area (TPSA) is 73.3 Å². The number of fused-ring (bicyclic) bond motifs is 2. The van der Waals surface area contributed by atoms with Crippen molar-refractivity contribution < 1.29 is 14.3 Å². The molecule has 0 amide bonds. The van der Waals surface area contributed by atoms with Crippen molar-refractivity contribution in [3.63, 3.8) is 0 Å². The van der Waals surface area contributed by atoms with Gasteiger partial charge in [0.05, 0.1) is 5.69 Å². The lowest BCUT2D eigenvalue weighted by Crippen LogP contribution is -2.22. The molecule has 1 N–H and O–H groups in total. The summed E-state index contributed by atoms with van der Waals surface area (Å²) in [4.78, 5) is 23.0. The minimum Gasteiger partial charge on any atom is -0.486 e. The summed E-state index contributed by atoms with van der Waals surface area (Å²) >= 11 is 1.51. The Bertz CT molecular complexity index is 1070. The lowest BCUT2D eigenvalue weighted by Gasteiger charge is -2.19. The van der Waals surface area contributed by atoms with Gasteiger partial charge in [-0.15, -0.1) is 11.3 Å². The highest BCUT2D eigenvalue weighted by atomic mass is 32.1. The van der Waals surface area contributed by atoms with Gasteiger partial charge in [-0.3, -0.25) is 9.78 Å². The second-order valence-electron chi connectivity index (χ2n) is 7.25. The average molecular weight is 407 g/mol. The lowest BCUT2D eigenvalue weighted by atomic mass is 9.96. The number of carbonyl (C=O) groups excluding carboxylic acids is 1. The van der Waals surface area contributed by atoms with Crippen molar-refractivity contribution in [1.82, 2.24) is 15.3 Å². The van der Waals surface area contributed by atoms with Crippen molar-refractivity contribution in [2.24, 2.45) is 0 Å². The first-order valence-corrected chi connectivity index (χ1v) is 10.6. The van der Waals surface area contributed by atoms with E-state index in [0.29, 0.717) is 24.6 Å². The summed E-state index contributed by atoms with van der Waals surface area (Å²) in [6.07, 6.45) is 4.81. The third-order valence-corrected chi connectivity index (χ3v) is 6.50. The maximum Gasteiger partial charge on any atom is 0.195 e. The van der Waals surface area contributed by atoms with Gasteiger partial charge >= 0.3 is 0 Å². The molecule has 1 aromatic carbocycles. The molecule has 148 valence electrons. The predicted molar refractivity (Wildman–Crippen MR) is 111 cm³/mol. The Kier molecular flexibility index (Phi) is 4.77. The molecule has 29 heavy (non-hydrogen) atoms. The largest absolute Gasteiger partial charge is 0.486 e. The van der Waals surface area contributed by atoms with Gasteiger partial charge in [-0.05, 0) is 35.7 Å². The van der Waals surface area contributed by atoms with Crippen molar-refractivity contribution in [2.75, 3.05) is 19.8 Å². The first-order chi connectivity index (χ1) is 14.2. The molecule has 0 saturated heterocycles. The maximum atomic E-state index is 12.9. The zero-order valence-electron chi connectivity index (χ0n) is 16.2. The van der Waals surface area contributed by atoms with Gasteiger partial charge in [0.25, 0.3) is 0 Å². The highest BCUT2D eigenvalue weighted by Gasteiger charge is 2.21. The molecule has 6 nitrogen and oxygen atoms in total. The van der Waals surface area contributed by atoms with E-state index in [1.54, 1.807) is 6.20 Å². The van der Waals surface area contributed by atoms with Crippen LogP contribution in [0.25, 0.3) is 11.1 Å². The van der Waals surface area contributed by atoms with Gasteiger partial charge in [-0.2, -0.15) is 0 Å². The molecular weight excluding hydrogens is 386 g/mol. The predicted octanol–water partition coefficient (Wildman–Crippen LogP) is 3.36. The highest BCUT2D eigenvalue weighted by molar-refractivity contribution is 7.13. The van der Waals surface area contributed by atoms with Crippen LogP contribution in [0.3, 0.4) is 0 Å². The number of thiazole rings is 1. The second-order valence-corrected chi connectivity index (χ2v) is 8.33. The van der Waals surface area contributed by atoms with Crippen molar-refractivity contribution in [3.8, 4) is 22.6 Å². The van der Waals surface area contributed by atoms with E-state index in [0.717, 1.165) is 59.0 Å². The summed E-state index contributed by atoms with van der Waals surface area (Å²) in [5, 5.41) is 3.93. The number of ketones is 1. The number of nitrogens with zero attached hydrogens (tertiary/aromatic N) is 2. The molecule has 0 bridgehead atoms. The third kappa shape index (κ3) is 3.52. The quantitative estimate of drug-likeness (QED) is 0.669. The molecule has 2 aromatic heterocycles. The number of hydrogen-bond acceptors (Lipinski definition) is 7. The lowest BCUT2D eigenvalue weighted by molar-refractivity contribution is 0.0992. The van der Waals surface area contributed by atoms with Crippen LogP contribution in [0.15, 0.2) is 30.6 Å². The van der Waals surface area contributed by atoms with Crippen LogP contribution in [0, 0.1) is 6.92 Å². The number of pyridine rings is 1. The molecule has 0 spiro atoms. The molecule has 2 aliphatic heterocycles. The number of aromatic nitrogens is 2. The third-order valence-electron chi connectivity index (χ3n) is 5.36. The smallest absolute Gasteiger partial charge is 0.195 e. The minimum atomic E-state index is 0.0497. The number of Topliss-reactive ketones (excluding diaryl/α,β-unsaturated/α-hetero) is 1. The van der Waals surface area contributed by atoms with Crippen LogP contribution >= 0.6 is 11.3 Å². The fourth-order valence-electron chi connectivity index (χ4n) is 3.74. The van der Waals surface area contributed by atoms with Crippen LogP contribution in [0.4, 0.5) is 0 Å². The second kappa shape index (κ2) is 7.57. The van der Waals surface area contributed by atoms with Crippen LogP contribution in [-0.4, -0.2) is 35.5 Å². The molecule has 0 aliphatic carbocycles. The number of carbonyl (C=O) groups is 1. The average Bonchev–Trinajstić information content (AvgIpc) is 3.19. The Balaban J connectivity index is 1.42. The van der Waals surface area contributed by atoms with E-state index >= 15 is 0 Å². The van der Waals surface area contributed by atoms with Gasteiger partial charge < -0.3 is 14.8 Å².